The Kier molecular flexibility index (Phi) is 5.51. The van der Waals surface area contributed by atoms with Crippen LogP contribution in [0, 0.1) is 19.8 Å². The summed E-state index contributed by atoms with van der Waals surface area (Å²) in [6.45, 7) is 6.48. The van der Waals surface area contributed by atoms with Crippen molar-refractivity contribution in [3.05, 3.63) is 28.8 Å². The first-order valence-electron chi connectivity index (χ1n) is 8.42. The van der Waals surface area contributed by atoms with Crippen molar-refractivity contribution in [2.24, 2.45) is 5.92 Å². The van der Waals surface area contributed by atoms with Crippen molar-refractivity contribution in [2.75, 3.05) is 0 Å². The van der Waals surface area contributed by atoms with Crippen molar-refractivity contribution in [2.45, 2.75) is 78.1 Å². The van der Waals surface area contributed by atoms with E-state index >= 15 is 0 Å². The van der Waals surface area contributed by atoms with E-state index in [2.05, 4.69) is 19.9 Å². The second-order valence-corrected chi connectivity index (χ2v) is 6.64. The number of phenols is 1. The number of aromatic hydroxyl groups is 1. The molecule has 1 nitrogen and oxygen atoms in total. The lowest BCUT2D eigenvalue weighted by molar-refractivity contribution is 0.302. The molecule has 1 N–H and O–H groups in total. The maximum Gasteiger partial charge on any atom is 0.118 e. The molecule has 1 aromatic carbocycles. The van der Waals surface area contributed by atoms with Gasteiger partial charge in [-0.25, -0.2) is 0 Å². The molecule has 1 heteroatoms. The van der Waals surface area contributed by atoms with Crippen LogP contribution in [0.3, 0.4) is 0 Å². The number of hydrogen-bond acceptors (Lipinski definition) is 1. The van der Waals surface area contributed by atoms with Gasteiger partial charge in [0.1, 0.15) is 5.75 Å². The summed E-state index contributed by atoms with van der Waals surface area (Å²) < 4.78 is 0. The molecule has 0 unspecified atom stereocenters. The average Bonchev–Trinajstić information content (AvgIpc) is 2.46. The van der Waals surface area contributed by atoms with E-state index in [1.165, 1.54) is 62.5 Å². The highest BCUT2D eigenvalue weighted by atomic mass is 16.3. The molecule has 2 rings (SSSR count). The van der Waals surface area contributed by atoms with Gasteiger partial charge in [0.25, 0.3) is 0 Å². The van der Waals surface area contributed by atoms with Crippen LogP contribution in [0.15, 0.2) is 12.1 Å². The van der Waals surface area contributed by atoms with Crippen LogP contribution in [0.5, 0.6) is 5.75 Å². The molecule has 0 bridgehead atoms. The first-order chi connectivity index (χ1) is 9.63. The molecule has 0 aromatic heterocycles. The van der Waals surface area contributed by atoms with Crippen molar-refractivity contribution >= 4 is 0 Å². The molecule has 20 heavy (non-hydrogen) atoms. The van der Waals surface area contributed by atoms with E-state index in [-0.39, 0.29) is 0 Å². The number of hydrogen-bond donors (Lipinski definition) is 1. The van der Waals surface area contributed by atoms with Crippen LogP contribution >= 0.6 is 0 Å². The highest BCUT2D eigenvalue weighted by Gasteiger charge is 2.23. The van der Waals surface area contributed by atoms with Crippen LogP contribution < -0.4 is 0 Å². The van der Waals surface area contributed by atoms with Gasteiger partial charge >= 0.3 is 0 Å². The number of unbranched alkanes of at least 4 members (excludes halogenated alkanes) is 2. The summed E-state index contributed by atoms with van der Waals surface area (Å²) in [6.07, 6.45) is 11.1. The van der Waals surface area contributed by atoms with Gasteiger partial charge < -0.3 is 5.11 Å². The monoisotopic (exact) mass is 274 g/mol. The Morgan fingerprint density at radius 3 is 2.35 bits per heavy atom. The van der Waals surface area contributed by atoms with Crippen molar-refractivity contribution in [3.8, 4) is 5.75 Å². The summed E-state index contributed by atoms with van der Waals surface area (Å²) in [4.78, 5) is 0. The molecule has 1 saturated carbocycles. The van der Waals surface area contributed by atoms with E-state index in [1.807, 2.05) is 13.0 Å². The Bertz CT molecular complexity index is 428. The highest BCUT2D eigenvalue weighted by molar-refractivity contribution is 5.44. The molecular formula is C19H30O. The smallest absolute Gasteiger partial charge is 0.118 e. The van der Waals surface area contributed by atoms with E-state index in [9.17, 15) is 5.11 Å². The van der Waals surface area contributed by atoms with Crippen LogP contribution in [0.25, 0.3) is 0 Å². The van der Waals surface area contributed by atoms with Gasteiger partial charge in [0, 0.05) is 0 Å². The van der Waals surface area contributed by atoms with E-state index in [1.54, 1.807) is 0 Å². The Morgan fingerprint density at radius 1 is 1.00 bits per heavy atom. The normalized spacial score (nSPS) is 22.9. The zero-order chi connectivity index (χ0) is 14.5. The molecule has 1 aliphatic carbocycles. The second kappa shape index (κ2) is 7.15. The van der Waals surface area contributed by atoms with Gasteiger partial charge in [-0.2, -0.15) is 0 Å². The van der Waals surface area contributed by atoms with Gasteiger partial charge in [-0.1, -0.05) is 38.7 Å². The summed E-state index contributed by atoms with van der Waals surface area (Å²) >= 11 is 0. The van der Waals surface area contributed by atoms with Gasteiger partial charge in [0.05, 0.1) is 0 Å². The van der Waals surface area contributed by atoms with Gasteiger partial charge in [0.15, 0.2) is 0 Å². The molecule has 0 aliphatic heterocycles. The first-order valence-corrected chi connectivity index (χ1v) is 8.42. The fraction of sp³-hybridized carbons (Fsp3) is 0.684. The van der Waals surface area contributed by atoms with Gasteiger partial charge in [-0.3, -0.25) is 0 Å². The minimum atomic E-state index is 0.444. The minimum absolute atomic E-state index is 0.444. The second-order valence-electron chi connectivity index (χ2n) is 6.64. The maximum absolute atomic E-state index is 9.79. The third kappa shape index (κ3) is 3.56. The fourth-order valence-electron chi connectivity index (χ4n) is 3.71. The Morgan fingerprint density at radius 2 is 1.70 bits per heavy atom. The molecular weight excluding hydrogens is 244 g/mol. The zero-order valence-corrected chi connectivity index (χ0v) is 13.4. The van der Waals surface area contributed by atoms with Crippen molar-refractivity contribution in [1.82, 2.24) is 0 Å². The van der Waals surface area contributed by atoms with Crippen LogP contribution in [0.1, 0.15) is 80.9 Å². The topological polar surface area (TPSA) is 20.2 Å². The standard InChI is InChI=1S/C19H30O/c1-4-5-6-7-16-8-10-17(11-9-16)18-12-13-19(20)15(3)14(18)2/h12-13,16-17,20H,4-11H2,1-3H3. The van der Waals surface area contributed by atoms with E-state index in [0.717, 1.165) is 17.4 Å². The highest BCUT2D eigenvalue weighted by Crippen LogP contribution is 2.40. The van der Waals surface area contributed by atoms with E-state index in [4.69, 9.17) is 0 Å². The summed E-state index contributed by atoms with van der Waals surface area (Å²) in [7, 11) is 0. The molecule has 1 aliphatic rings. The van der Waals surface area contributed by atoms with Crippen molar-refractivity contribution < 1.29 is 5.11 Å². The minimum Gasteiger partial charge on any atom is -0.508 e. The van der Waals surface area contributed by atoms with Crippen molar-refractivity contribution in [3.63, 3.8) is 0 Å². The molecule has 0 atom stereocenters. The number of phenolic OH excluding ortho intramolecular Hbond substituents is 1. The quantitative estimate of drug-likeness (QED) is 0.666. The summed E-state index contributed by atoms with van der Waals surface area (Å²) in [6, 6.07) is 4.03. The fourth-order valence-corrected chi connectivity index (χ4v) is 3.71. The molecule has 0 radical (unpaired) electrons. The molecule has 1 aromatic rings. The lowest BCUT2D eigenvalue weighted by Crippen LogP contribution is -2.14. The predicted octanol–water partition coefficient (Wildman–Crippen LogP) is 5.86. The molecule has 0 spiro atoms. The molecule has 0 saturated heterocycles. The molecule has 0 heterocycles. The summed E-state index contributed by atoms with van der Waals surface area (Å²) in [5, 5.41) is 9.79. The SMILES string of the molecule is CCCCCC1CCC(c2ccc(O)c(C)c2C)CC1. The molecule has 0 amide bonds. The molecule has 112 valence electrons. The summed E-state index contributed by atoms with van der Waals surface area (Å²) in [5.41, 5.74) is 3.85. The largest absolute Gasteiger partial charge is 0.508 e. The Hall–Kier alpha value is -0.980. The van der Waals surface area contributed by atoms with E-state index < -0.39 is 0 Å². The Balaban J connectivity index is 1.92. The van der Waals surface area contributed by atoms with Crippen LogP contribution in [0.2, 0.25) is 0 Å². The van der Waals surface area contributed by atoms with Crippen molar-refractivity contribution in [1.29, 1.82) is 0 Å². The first kappa shape index (κ1) is 15.4. The zero-order valence-electron chi connectivity index (χ0n) is 13.4. The maximum atomic E-state index is 9.79. The lowest BCUT2D eigenvalue weighted by Gasteiger charge is -2.30. The van der Waals surface area contributed by atoms with Crippen LogP contribution in [-0.2, 0) is 0 Å². The molecule has 1 fully saturated rings. The van der Waals surface area contributed by atoms with Gasteiger partial charge in [-0.05, 0) is 74.1 Å². The number of benzene rings is 1. The van der Waals surface area contributed by atoms with Crippen LogP contribution in [-0.4, -0.2) is 5.11 Å². The lowest BCUT2D eigenvalue weighted by atomic mass is 9.75. The van der Waals surface area contributed by atoms with E-state index in [0.29, 0.717) is 5.75 Å². The summed E-state index contributed by atoms with van der Waals surface area (Å²) in [5.74, 6) is 2.13. The van der Waals surface area contributed by atoms with Gasteiger partial charge in [0.2, 0.25) is 0 Å². The van der Waals surface area contributed by atoms with Crippen LogP contribution in [0.4, 0.5) is 0 Å². The predicted molar refractivity (Wildman–Crippen MR) is 86.4 cm³/mol. The number of rotatable bonds is 5. The third-order valence-electron chi connectivity index (χ3n) is 5.30. The average molecular weight is 274 g/mol. The third-order valence-corrected chi connectivity index (χ3v) is 5.30. The Labute approximate surface area is 124 Å². The van der Waals surface area contributed by atoms with Gasteiger partial charge in [-0.15, -0.1) is 0 Å².